The minimum atomic E-state index is -0.729. The number of amides is 1. The molecule has 1 amide bonds. The second-order valence-electron chi connectivity index (χ2n) is 5.27. The van der Waals surface area contributed by atoms with Crippen LogP contribution in [-0.2, 0) is 14.3 Å². The van der Waals surface area contributed by atoms with Crippen LogP contribution in [-0.4, -0.2) is 36.2 Å². The van der Waals surface area contributed by atoms with Gasteiger partial charge in [-0.3, -0.25) is 9.59 Å². The molecule has 2 fully saturated rings. The largest absolute Gasteiger partial charge is 0.481 e. The number of carboxylic acids is 1. The van der Waals surface area contributed by atoms with Crippen molar-refractivity contribution < 1.29 is 19.4 Å². The van der Waals surface area contributed by atoms with Crippen molar-refractivity contribution in [2.24, 2.45) is 11.8 Å². The molecule has 0 aromatic rings. The number of carbonyl (C=O) groups is 2. The van der Waals surface area contributed by atoms with Crippen LogP contribution in [0.5, 0.6) is 0 Å². The quantitative estimate of drug-likeness (QED) is 0.790. The molecule has 18 heavy (non-hydrogen) atoms. The first-order chi connectivity index (χ1) is 8.66. The molecule has 0 spiro atoms. The summed E-state index contributed by atoms with van der Waals surface area (Å²) in [6.07, 6.45) is 4.88. The molecule has 0 radical (unpaired) electrons. The molecule has 2 aliphatic rings. The van der Waals surface area contributed by atoms with Gasteiger partial charge in [-0.15, -0.1) is 0 Å². The van der Waals surface area contributed by atoms with Crippen molar-refractivity contribution in [2.75, 3.05) is 13.2 Å². The third kappa shape index (κ3) is 3.45. The van der Waals surface area contributed by atoms with E-state index in [0.29, 0.717) is 32.2 Å². The van der Waals surface area contributed by atoms with Crippen LogP contribution in [0.25, 0.3) is 0 Å². The maximum Gasteiger partial charge on any atom is 0.306 e. The zero-order valence-electron chi connectivity index (χ0n) is 10.6. The van der Waals surface area contributed by atoms with Gasteiger partial charge in [0.05, 0.1) is 12.0 Å². The number of carboxylic acid groups (broad SMARTS) is 1. The van der Waals surface area contributed by atoms with Gasteiger partial charge in [0.1, 0.15) is 0 Å². The van der Waals surface area contributed by atoms with Crippen LogP contribution < -0.4 is 5.32 Å². The lowest BCUT2D eigenvalue weighted by atomic mass is 9.81. The molecule has 1 saturated heterocycles. The molecule has 0 aromatic heterocycles. The van der Waals surface area contributed by atoms with Gasteiger partial charge in [0.25, 0.3) is 0 Å². The summed E-state index contributed by atoms with van der Waals surface area (Å²) in [5.41, 5.74) is 0. The Morgan fingerprint density at radius 2 is 1.78 bits per heavy atom. The van der Waals surface area contributed by atoms with E-state index in [1.54, 1.807) is 0 Å². The fourth-order valence-electron chi connectivity index (χ4n) is 2.77. The summed E-state index contributed by atoms with van der Waals surface area (Å²) in [4.78, 5) is 22.7. The summed E-state index contributed by atoms with van der Waals surface area (Å²) < 4.78 is 5.45. The van der Waals surface area contributed by atoms with E-state index in [4.69, 9.17) is 9.84 Å². The highest BCUT2D eigenvalue weighted by atomic mass is 16.5. The van der Waals surface area contributed by atoms with E-state index in [1.807, 2.05) is 0 Å². The normalized spacial score (nSPS) is 32.1. The smallest absolute Gasteiger partial charge is 0.306 e. The van der Waals surface area contributed by atoms with Gasteiger partial charge in [-0.05, 0) is 38.5 Å². The topological polar surface area (TPSA) is 75.6 Å². The number of ether oxygens (including phenoxy) is 1. The van der Waals surface area contributed by atoms with Crippen LogP contribution in [0.4, 0.5) is 0 Å². The molecule has 5 heteroatoms. The minimum absolute atomic E-state index is 0.0120. The highest BCUT2D eigenvalue weighted by Crippen LogP contribution is 2.29. The van der Waals surface area contributed by atoms with Crippen LogP contribution in [0.3, 0.4) is 0 Å². The second-order valence-corrected chi connectivity index (χ2v) is 5.27. The first-order valence-electron chi connectivity index (χ1n) is 6.79. The summed E-state index contributed by atoms with van der Waals surface area (Å²) in [6.45, 7) is 1.39. The number of rotatable bonds is 4. The molecule has 1 heterocycles. The average molecular weight is 255 g/mol. The number of nitrogens with one attached hydrogen (secondary N) is 1. The van der Waals surface area contributed by atoms with Crippen LogP contribution in [0.15, 0.2) is 0 Å². The van der Waals surface area contributed by atoms with Crippen molar-refractivity contribution in [1.29, 1.82) is 0 Å². The third-order valence-electron chi connectivity index (χ3n) is 3.98. The molecule has 2 rings (SSSR count). The van der Waals surface area contributed by atoms with Gasteiger partial charge >= 0.3 is 5.97 Å². The Labute approximate surface area is 107 Å². The summed E-state index contributed by atoms with van der Waals surface area (Å²) in [5.74, 6) is -0.934. The Bertz CT molecular complexity index is 304. The van der Waals surface area contributed by atoms with Crippen molar-refractivity contribution in [1.82, 2.24) is 5.32 Å². The fourth-order valence-corrected chi connectivity index (χ4v) is 2.77. The van der Waals surface area contributed by atoms with Gasteiger partial charge in [0, 0.05) is 19.1 Å². The van der Waals surface area contributed by atoms with E-state index in [1.165, 1.54) is 0 Å². The van der Waals surface area contributed by atoms with E-state index >= 15 is 0 Å². The second kappa shape index (κ2) is 6.18. The molecule has 2 N–H and O–H groups in total. The summed E-state index contributed by atoms with van der Waals surface area (Å²) in [5, 5.41) is 11.8. The SMILES string of the molecule is O=C(O)C1CCC(C(=O)NCC2CCCO2)CC1. The molecular formula is C13H21NO4. The maximum atomic E-state index is 11.9. The van der Waals surface area contributed by atoms with Gasteiger partial charge in [0.15, 0.2) is 0 Å². The van der Waals surface area contributed by atoms with Gasteiger partial charge in [-0.2, -0.15) is 0 Å². The number of hydrogen-bond acceptors (Lipinski definition) is 3. The first-order valence-corrected chi connectivity index (χ1v) is 6.79. The minimum Gasteiger partial charge on any atom is -0.481 e. The van der Waals surface area contributed by atoms with Gasteiger partial charge in [-0.1, -0.05) is 0 Å². The van der Waals surface area contributed by atoms with E-state index in [2.05, 4.69) is 5.32 Å². The summed E-state index contributed by atoms with van der Waals surface area (Å²) >= 11 is 0. The monoisotopic (exact) mass is 255 g/mol. The van der Waals surface area contributed by atoms with Crippen LogP contribution in [0, 0.1) is 11.8 Å². The van der Waals surface area contributed by atoms with E-state index in [9.17, 15) is 9.59 Å². The molecule has 1 aliphatic heterocycles. The standard InChI is InChI=1S/C13H21NO4/c15-12(14-8-11-2-1-7-18-11)9-3-5-10(6-4-9)13(16)17/h9-11H,1-8H2,(H,14,15)(H,16,17). The molecule has 1 aliphatic carbocycles. The highest BCUT2D eigenvalue weighted by molar-refractivity contribution is 5.79. The Morgan fingerprint density at radius 1 is 1.11 bits per heavy atom. The first kappa shape index (κ1) is 13.3. The number of hydrogen-bond donors (Lipinski definition) is 2. The molecule has 0 bridgehead atoms. The molecule has 1 unspecified atom stereocenters. The van der Waals surface area contributed by atoms with E-state index < -0.39 is 5.97 Å². The van der Waals surface area contributed by atoms with Gasteiger partial charge in [0.2, 0.25) is 5.91 Å². The lowest BCUT2D eigenvalue weighted by Gasteiger charge is -2.25. The van der Waals surface area contributed by atoms with Crippen LogP contribution >= 0.6 is 0 Å². The van der Waals surface area contributed by atoms with Crippen LogP contribution in [0.1, 0.15) is 38.5 Å². The zero-order valence-corrected chi connectivity index (χ0v) is 10.6. The fraction of sp³-hybridized carbons (Fsp3) is 0.846. The summed E-state index contributed by atoms with van der Waals surface area (Å²) in [6, 6.07) is 0. The van der Waals surface area contributed by atoms with Crippen molar-refractivity contribution in [3.8, 4) is 0 Å². The third-order valence-corrected chi connectivity index (χ3v) is 3.98. The molecule has 1 atom stereocenters. The Balaban J connectivity index is 1.68. The van der Waals surface area contributed by atoms with Crippen molar-refractivity contribution in [3.63, 3.8) is 0 Å². The summed E-state index contributed by atoms with van der Waals surface area (Å²) in [7, 11) is 0. The van der Waals surface area contributed by atoms with E-state index in [0.717, 1.165) is 19.4 Å². The Kier molecular flexibility index (Phi) is 4.58. The van der Waals surface area contributed by atoms with Crippen molar-refractivity contribution in [2.45, 2.75) is 44.6 Å². The van der Waals surface area contributed by atoms with Gasteiger partial charge < -0.3 is 15.2 Å². The maximum absolute atomic E-state index is 11.9. The van der Waals surface area contributed by atoms with Crippen molar-refractivity contribution >= 4 is 11.9 Å². The Hall–Kier alpha value is -1.10. The predicted molar refractivity (Wildman–Crippen MR) is 65.1 cm³/mol. The zero-order chi connectivity index (χ0) is 13.0. The van der Waals surface area contributed by atoms with Crippen LogP contribution in [0.2, 0.25) is 0 Å². The predicted octanol–water partition coefficient (Wildman–Crippen LogP) is 1.17. The highest BCUT2D eigenvalue weighted by Gasteiger charge is 2.30. The number of carbonyl (C=O) groups excluding carboxylic acids is 1. The van der Waals surface area contributed by atoms with Crippen molar-refractivity contribution in [3.05, 3.63) is 0 Å². The Morgan fingerprint density at radius 3 is 2.33 bits per heavy atom. The lowest BCUT2D eigenvalue weighted by molar-refractivity contribution is -0.144. The lowest BCUT2D eigenvalue weighted by Crippen LogP contribution is -2.38. The molecular weight excluding hydrogens is 234 g/mol. The molecule has 5 nitrogen and oxygen atoms in total. The molecule has 1 saturated carbocycles. The van der Waals surface area contributed by atoms with Gasteiger partial charge in [-0.25, -0.2) is 0 Å². The number of aliphatic carboxylic acids is 1. The molecule has 0 aromatic carbocycles. The molecule has 102 valence electrons. The average Bonchev–Trinajstić information content (AvgIpc) is 2.89. The van der Waals surface area contributed by atoms with E-state index in [-0.39, 0.29) is 23.8 Å².